The van der Waals surface area contributed by atoms with E-state index in [1.165, 1.54) is 11.8 Å². The Kier molecular flexibility index (Phi) is 5.59. The molecule has 0 saturated carbocycles. The lowest BCUT2D eigenvalue weighted by atomic mass is 10.1. The number of aliphatic imine (C=N–C) groups is 1. The molecule has 0 atom stereocenters. The van der Waals surface area contributed by atoms with Crippen LogP contribution in [0, 0.1) is 0 Å². The summed E-state index contributed by atoms with van der Waals surface area (Å²) in [5.74, 6) is 0.0247. The molecule has 0 saturated heterocycles. The average molecular weight is 329 g/mol. The standard InChI is InChI=1S/C16H19N5OS/c1-18-14(15(17)22)16(19-2)23-10-21(3)13-5-4-12-9-20-7-6-11(12)8-13/h4-9,19H,1,10H2,2-3H3,(H2,17,22)/b16-14-. The predicted molar refractivity (Wildman–Crippen MR) is 97.4 cm³/mol. The number of nitrogens with one attached hydrogen (secondary N) is 1. The SMILES string of the molecule is C=N/C(C(N)=O)=C(/NC)SCN(C)c1ccc2cnccc2c1. The Labute approximate surface area is 139 Å². The highest BCUT2D eigenvalue weighted by atomic mass is 32.2. The summed E-state index contributed by atoms with van der Waals surface area (Å²) in [6, 6.07) is 8.15. The summed E-state index contributed by atoms with van der Waals surface area (Å²) >= 11 is 1.44. The number of carbonyl (C=O) groups excluding carboxylic acids is 1. The van der Waals surface area contributed by atoms with Crippen LogP contribution < -0.4 is 16.0 Å². The van der Waals surface area contributed by atoms with Crippen molar-refractivity contribution >= 4 is 40.8 Å². The molecule has 1 aromatic carbocycles. The van der Waals surface area contributed by atoms with Gasteiger partial charge in [0.05, 0.1) is 5.88 Å². The van der Waals surface area contributed by atoms with Gasteiger partial charge in [-0.05, 0) is 30.3 Å². The molecule has 0 aliphatic heterocycles. The second-order valence-electron chi connectivity index (χ2n) is 4.83. The summed E-state index contributed by atoms with van der Waals surface area (Å²) in [4.78, 5) is 21.2. The smallest absolute Gasteiger partial charge is 0.269 e. The average Bonchev–Trinajstić information content (AvgIpc) is 2.57. The largest absolute Gasteiger partial charge is 0.381 e. The molecule has 1 heterocycles. The van der Waals surface area contributed by atoms with E-state index in [1.54, 1.807) is 13.2 Å². The molecule has 3 N–H and O–H groups in total. The van der Waals surface area contributed by atoms with Crippen LogP contribution in [0.3, 0.4) is 0 Å². The van der Waals surface area contributed by atoms with Crippen molar-refractivity contribution in [1.29, 1.82) is 0 Å². The van der Waals surface area contributed by atoms with Gasteiger partial charge in [-0.1, -0.05) is 17.8 Å². The Balaban J connectivity index is 2.15. The number of rotatable bonds is 7. The topological polar surface area (TPSA) is 83.6 Å². The van der Waals surface area contributed by atoms with Crippen LogP contribution in [0.1, 0.15) is 0 Å². The Hall–Kier alpha value is -2.54. The van der Waals surface area contributed by atoms with Crippen LogP contribution in [0.2, 0.25) is 0 Å². The van der Waals surface area contributed by atoms with Crippen LogP contribution >= 0.6 is 11.8 Å². The van der Waals surface area contributed by atoms with Gasteiger partial charge in [-0.2, -0.15) is 0 Å². The van der Waals surface area contributed by atoms with Crippen molar-refractivity contribution in [3.63, 3.8) is 0 Å². The summed E-state index contributed by atoms with van der Waals surface area (Å²) in [6.07, 6.45) is 3.61. The maximum atomic E-state index is 11.3. The van der Waals surface area contributed by atoms with Gasteiger partial charge in [0.1, 0.15) is 5.03 Å². The van der Waals surface area contributed by atoms with Crippen molar-refractivity contribution in [2.24, 2.45) is 10.7 Å². The lowest BCUT2D eigenvalue weighted by Crippen LogP contribution is -2.21. The van der Waals surface area contributed by atoms with E-state index in [1.807, 2.05) is 31.4 Å². The van der Waals surface area contributed by atoms with Gasteiger partial charge >= 0.3 is 0 Å². The number of nitrogens with two attached hydrogens (primary N) is 1. The number of fused-ring (bicyclic) bond motifs is 1. The van der Waals surface area contributed by atoms with Gasteiger partial charge in [0.2, 0.25) is 0 Å². The third-order valence-corrected chi connectivity index (χ3v) is 4.50. The number of nitrogens with zero attached hydrogens (tertiary/aromatic N) is 3. The first-order chi connectivity index (χ1) is 11.1. The number of hydrogen-bond acceptors (Lipinski definition) is 6. The van der Waals surface area contributed by atoms with Crippen LogP contribution in [0.5, 0.6) is 0 Å². The summed E-state index contributed by atoms with van der Waals surface area (Å²) in [6.45, 7) is 3.39. The molecule has 7 heteroatoms. The molecule has 0 fully saturated rings. The zero-order valence-electron chi connectivity index (χ0n) is 13.1. The van der Waals surface area contributed by atoms with Gasteiger partial charge in [-0.25, -0.2) is 0 Å². The summed E-state index contributed by atoms with van der Waals surface area (Å²) in [5, 5.41) is 5.77. The van der Waals surface area contributed by atoms with Crippen molar-refractivity contribution in [3.8, 4) is 0 Å². The molecule has 0 bridgehead atoms. The second-order valence-corrected chi connectivity index (χ2v) is 5.78. The minimum Gasteiger partial charge on any atom is -0.381 e. The van der Waals surface area contributed by atoms with Crippen LogP contribution in [-0.4, -0.2) is 37.6 Å². The molecule has 23 heavy (non-hydrogen) atoms. The van der Waals surface area contributed by atoms with Crippen LogP contribution in [0.15, 0.2) is 52.4 Å². The van der Waals surface area contributed by atoms with E-state index in [4.69, 9.17) is 5.73 Å². The van der Waals surface area contributed by atoms with E-state index in [-0.39, 0.29) is 5.70 Å². The molecule has 0 spiro atoms. The predicted octanol–water partition coefficient (Wildman–Crippen LogP) is 1.94. The quantitative estimate of drug-likeness (QED) is 0.461. The normalized spacial score (nSPS) is 11.7. The fourth-order valence-corrected chi connectivity index (χ4v) is 2.98. The molecule has 0 aliphatic rings. The van der Waals surface area contributed by atoms with Crippen molar-refractivity contribution < 1.29 is 4.79 Å². The maximum Gasteiger partial charge on any atom is 0.269 e. The number of carbonyl (C=O) groups is 1. The van der Waals surface area contributed by atoms with Crippen molar-refractivity contribution in [3.05, 3.63) is 47.4 Å². The van der Waals surface area contributed by atoms with Gasteiger partial charge in [-0.15, -0.1) is 0 Å². The maximum absolute atomic E-state index is 11.3. The number of primary amides is 1. The lowest BCUT2D eigenvalue weighted by molar-refractivity contribution is -0.114. The molecule has 2 aromatic rings. The monoisotopic (exact) mass is 329 g/mol. The number of pyridine rings is 1. The van der Waals surface area contributed by atoms with Crippen LogP contribution in [0.4, 0.5) is 5.69 Å². The highest BCUT2D eigenvalue weighted by molar-refractivity contribution is 8.03. The number of thioether (sulfide) groups is 1. The van der Waals surface area contributed by atoms with E-state index >= 15 is 0 Å². The van der Waals surface area contributed by atoms with E-state index < -0.39 is 5.91 Å². The first-order valence-corrected chi connectivity index (χ1v) is 7.91. The van der Waals surface area contributed by atoms with Crippen LogP contribution in [-0.2, 0) is 4.79 Å². The third kappa shape index (κ3) is 4.01. The molecule has 1 amide bonds. The first-order valence-electron chi connectivity index (χ1n) is 6.93. The fraction of sp³-hybridized carbons (Fsp3) is 0.188. The highest BCUT2D eigenvalue weighted by Crippen LogP contribution is 2.24. The number of aromatic nitrogens is 1. The van der Waals surface area contributed by atoms with E-state index in [2.05, 4.69) is 33.0 Å². The fourth-order valence-electron chi connectivity index (χ4n) is 2.06. The zero-order chi connectivity index (χ0) is 16.8. The highest BCUT2D eigenvalue weighted by Gasteiger charge is 2.12. The third-order valence-electron chi connectivity index (χ3n) is 3.30. The second kappa shape index (κ2) is 7.64. The number of benzene rings is 1. The molecule has 0 unspecified atom stereocenters. The van der Waals surface area contributed by atoms with E-state index in [9.17, 15) is 4.79 Å². The van der Waals surface area contributed by atoms with Crippen molar-refractivity contribution in [1.82, 2.24) is 10.3 Å². The number of hydrogen-bond donors (Lipinski definition) is 2. The minimum absolute atomic E-state index is 0.149. The Bertz CT molecular complexity index is 759. The molecule has 1 aromatic heterocycles. The van der Waals surface area contributed by atoms with Crippen molar-refractivity contribution in [2.45, 2.75) is 0 Å². The Morgan fingerprint density at radius 2 is 2.22 bits per heavy atom. The molecule has 0 radical (unpaired) electrons. The van der Waals surface area contributed by atoms with Gasteiger partial charge < -0.3 is 16.0 Å². The van der Waals surface area contributed by atoms with E-state index in [0.717, 1.165) is 16.5 Å². The number of anilines is 1. The molecule has 6 nitrogen and oxygen atoms in total. The summed E-state index contributed by atoms with van der Waals surface area (Å²) < 4.78 is 0. The van der Waals surface area contributed by atoms with Gasteiger partial charge in [0.25, 0.3) is 5.91 Å². The van der Waals surface area contributed by atoms with E-state index in [0.29, 0.717) is 10.9 Å². The summed E-state index contributed by atoms with van der Waals surface area (Å²) in [7, 11) is 3.70. The van der Waals surface area contributed by atoms with Gasteiger partial charge in [-0.3, -0.25) is 14.8 Å². The van der Waals surface area contributed by atoms with Gasteiger partial charge in [0.15, 0.2) is 5.70 Å². The van der Waals surface area contributed by atoms with Crippen molar-refractivity contribution in [2.75, 3.05) is 24.9 Å². The molecule has 120 valence electrons. The number of amides is 1. The van der Waals surface area contributed by atoms with Gasteiger partial charge in [0, 0.05) is 37.6 Å². The molecule has 0 aliphatic carbocycles. The molecule has 2 rings (SSSR count). The Morgan fingerprint density at radius 3 is 2.87 bits per heavy atom. The zero-order valence-corrected chi connectivity index (χ0v) is 13.9. The molecular formula is C16H19N5OS. The summed E-state index contributed by atoms with van der Waals surface area (Å²) in [5.41, 5.74) is 6.52. The first kappa shape index (κ1) is 16.8. The van der Waals surface area contributed by atoms with Crippen LogP contribution in [0.25, 0.3) is 10.8 Å². The Morgan fingerprint density at radius 1 is 1.43 bits per heavy atom. The minimum atomic E-state index is -0.599. The molecular weight excluding hydrogens is 310 g/mol. The lowest BCUT2D eigenvalue weighted by Gasteiger charge is -2.20.